The first kappa shape index (κ1) is 15.2. The van der Waals surface area contributed by atoms with Crippen LogP contribution in [0.3, 0.4) is 0 Å². The molecule has 0 unspecified atom stereocenters. The fourth-order valence-electron chi connectivity index (χ4n) is 2.32. The lowest BCUT2D eigenvalue weighted by Crippen LogP contribution is -1.93. The Hall–Kier alpha value is -2.75. The highest BCUT2D eigenvalue weighted by molar-refractivity contribution is 5.67. The topological polar surface area (TPSA) is 51.8 Å². The van der Waals surface area contributed by atoms with Crippen molar-refractivity contribution in [3.05, 3.63) is 65.8 Å². The molecule has 0 atom stereocenters. The predicted octanol–water partition coefficient (Wildman–Crippen LogP) is 4.50. The minimum atomic E-state index is 0.482. The second-order valence-corrected chi connectivity index (χ2v) is 5.87. The number of pyridine rings is 1. The summed E-state index contributed by atoms with van der Waals surface area (Å²) in [7, 11) is 0. The van der Waals surface area contributed by atoms with Gasteiger partial charge >= 0.3 is 0 Å². The minimum absolute atomic E-state index is 0.482. The van der Waals surface area contributed by atoms with E-state index in [4.69, 9.17) is 4.52 Å². The van der Waals surface area contributed by atoms with Crippen molar-refractivity contribution in [2.45, 2.75) is 20.3 Å². The second-order valence-electron chi connectivity index (χ2n) is 5.87. The molecule has 0 amide bonds. The van der Waals surface area contributed by atoms with Gasteiger partial charge in [-0.1, -0.05) is 43.3 Å². The van der Waals surface area contributed by atoms with Crippen molar-refractivity contribution in [2.24, 2.45) is 5.92 Å². The highest BCUT2D eigenvalue weighted by atomic mass is 16.5. The van der Waals surface area contributed by atoms with Crippen molar-refractivity contribution in [3.8, 4) is 11.4 Å². The van der Waals surface area contributed by atoms with Gasteiger partial charge in [0.15, 0.2) is 0 Å². The Labute approximate surface area is 135 Å². The van der Waals surface area contributed by atoms with Crippen molar-refractivity contribution in [1.29, 1.82) is 0 Å². The van der Waals surface area contributed by atoms with E-state index in [1.165, 1.54) is 5.56 Å². The van der Waals surface area contributed by atoms with Gasteiger partial charge in [0.25, 0.3) is 5.89 Å². The van der Waals surface area contributed by atoms with Gasteiger partial charge in [-0.2, -0.15) is 4.98 Å². The van der Waals surface area contributed by atoms with Gasteiger partial charge in [-0.15, -0.1) is 0 Å². The first-order valence-corrected chi connectivity index (χ1v) is 7.72. The van der Waals surface area contributed by atoms with E-state index in [9.17, 15) is 0 Å². The van der Waals surface area contributed by atoms with Crippen LogP contribution in [-0.2, 0) is 6.42 Å². The Morgan fingerprint density at radius 1 is 1.09 bits per heavy atom. The largest absolute Gasteiger partial charge is 0.334 e. The Morgan fingerprint density at radius 2 is 1.91 bits per heavy atom. The van der Waals surface area contributed by atoms with Crippen LogP contribution in [0.5, 0.6) is 0 Å². The number of hydrogen-bond acceptors (Lipinski definition) is 4. The number of nitrogens with zero attached hydrogens (tertiary/aromatic N) is 3. The molecule has 116 valence electrons. The zero-order chi connectivity index (χ0) is 16.1. The molecule has 0 radical (unpaired) electrons. The quantitative estimate of drug-likeness (QED) is 0.696. The lowest BCUT2D eigenvalue weighted by molar-refractivity contribution is 0.411. The first-order valence-electron chi connectivity index (χ1n) is 7.72. The number of rotatable bonds is 5. The average molecular weight is 305 g/mol. The molecule has 0 saturated carbocycles. The number of benzene rings is 1. The molecule has 0 spiro atoms. The molecule has 23 heavy (non-hydrogen) atoms. The molecule has 3 aromatic rings. The summed E-state index contributed by atoms with van der Waals surface area (Å²) in [5.74, 6) is 1.70. The molecular weight excluding hydrogens is 286 g/mol. The molecule has 2 heterocycles. The highest BCUT2D eigenvalue weighted by Crippen LogP contribution is 2.16. The Kier molecular flexibility index (Phi) is 4.62. The summed E-state index contributed by atoms with van der Waals surface area (Å²) in [5, 5.41) is 3.97. The van der Waals surface area contributed by atoms with Crippen LogP contribution in [0, 0.1) is 5.92 Å². The van der Waals surface area contributed by atoms with E-state index < -0.39 is 0 Å². The molecule has 1 aromatic carbocycles. The van der Waals surface area contributed by atoms with Gasteiger partial charge in [-0.05, 0) is 41.7 Å². The van der Waals surface area contributed by atoms with Crippen LogP contribution in [0.15, 0.2) is 53.3 Å². The van der Waals surface area contributed by atoms with E-state index in [0.717, 1.165) is 17.5 Å². The lowest BCUT2D eigenvalue weighted by Gasteiger charge is -2.04. The molecule has 0 aliphatic rings. The van der Waals surface area contributed by atoms with Gasteiger partial charge in [0.05, 0.1) is 0 Å². The first-order chi connectivity index (χ1) is 11.2. The number of hydrogen-bond donors (Lipinski definition) is 0. The Balaban J connectivity index is 1.70. The maximum absolute atomic E-state index is 5.24. The van der Waals surface area contributed by atoms with Crippen molar-refractivity contribution >= 4 is 12.2 Å². The van der Waals surface area contributed by atoms with E-state index in [2.05, 4.69) is 53.2 Å². The van der Waals surface area contributed by atoms with Gasteiger partial charge in [0.1, 0.15) is 0 Å². The summed E-state index contributed by atoms with van der Waals surface area (Å²) in [6.45, 7) is 4.45. The Bertz CT molecular complexity index is 774. The smallest absolute Gasteiger partial charge is 0.250 e. The molecule has 3 rings (SSSR count). The van der Waals surface area contributed by atoms with Crippen LogP contribution in [0.4, 0.5) is 0 Å². The summed E-state index contributed by atoms with van der Waals surface area (Å²) >= 11 is 0. The van der Waals surface area contributed by atoms with E-state index in [-0.39, 0.29) is 0 Å². The zero-order valence-electron chi connectivity index (χ0n) is 13.3. The molecule has 0 bridgehead atoms. The lowest BCUT2D eigenvalue weighted by atomic mass is 10.0. The summed E-state index contributed by atoms with van der Waals surface area (Å²) < 4.78 is 5.24. The molecule has 4 heteroatoms. The van der Waals surface area contributed by atoms with E-state index in [1.807, 2.05) is 24.3 Å². The standard InChI is InChI=1S/C19H19N3O/c1-14(2)12-16-7-5-15(6-8-16)9-10-18-21-19(22-23-18)17-4-3-11-20-13-17/h3-11,13-14H,12H2,1-2H3/b10-9+. The SMILES string of the molecule is CC(C)Cc1ccc(/C=C/c2nc(-c3cccnc3)no2)cc1. The summed E-state index contributed by atoms with van der Waals surface area (Å²) in [6, 6.07) is 12.3. The fraction of sp³-hybridized carbons (Fsp3) is 0.211. The van der Waals surface area contributed by atoms with Gasteiger partial charge in [-0.3, -0.25) is 4.98 Å². The van der Waals surface area contributed by atoms with E-state index in [1.54, 1.807) is 12.4 Å². The summed E-state index contributed by atoms with van der Waals surface area (Å²) in [6.07, 6.45) is 8.32. The van der Waals surface area contributed by atoms with Gasteiger partial charge < -0.3 is 4.52 Å². The van der Waals surface area contributed by atoms with Gasteiger partial charge in [0, 0.05) is 24.0 Å². The third kappa shape index (κ3) is 4.13. The maximum Gasteiger partial charge on any atom is 0.250 e. The molecule has 0 aliphatic heterocycles. The van der Waals surface area contributed by atoms with Crippen molar-refractivity contribution in [2.75, 3.05) is 0 Å². The molecule has 0 aliphatic carbocycles. The third-order valence-electron chi connectivity index (χ3n) is 3.40. The summed E-state index contributed by atoms with van der Waals surface area (Å²) in [5.41, 5.74) is 3.31. The van der Waals surface area contributed by atoms with E-state index in [0.29, 0.717) is 17.6 Å². The van der Waals surface area contributed by atoms with Crippen molar-refractivity contribution in [1.82, 2.24) is 15.1 Å². The molecule has 2 aromatic heterocycles. The molecule has 0 N–H and O–H groups in total. The fourth-order valence-corrected chi connectivity index (χ4v) is 2.32. The zero-order valence-corrected chi connectivity index (χ0v) is 13.3. The van der Waals surface area contributed by atoms with Crippen molar-refractivity contribution < 1.29 is 4.52 Å². The van der Waals surface area contributed by atoms with Crippen LogP contribution >= 0.6 is 0 Å². The van der Waals surface area contributed by atoms with E-state index >= 15 is 0 Å². The van der Waals surface area contributed by atoms with Gasteiger partial charge in [0.2, 0.25) is 5.82 Å². The maximum atomic E-state index is 5.24. The van der Waals surface area contributed by atoms with Crippen LogP contribution in [-0.4, -0.2) is 15.1 Å². The van der Waals surface area contributed by atoms with Crippen LogP contribution < -0.4 is 0 Å². The third-order valence-corrected chi connectivity index (χ3v) is 3.40. The summed E-state index contributed by atoms with van der Waals surface area (Å²) in [4.78, 5) is 8.40. The highest BCUT2D eigenvalue weighted by Gasteiger charge is 2.05. The van der Waals surface area contributed by atoms with Crippen LogP contribution in [0.2, 0.25) is 0 Å². The molecule has 0 fully saturated rings. The second kappa shape index (κ2) is 7.01. The Morgan fingerprint density at radius 3 is 2.61 bits per heavy atom. The molecule has 0 saturated heterocycles. The van der Waals surface area contributed by atoms with Crippen LogP contribution in [0.25, 0.3) is 23.5 Å². The normalized spacial score (nSPS) is 11.4. The predicted molar refractivity (Wildman–Crippen MR) is 91.4 cm³/mol. The molecule has 4 nitrogen and oxygen atoms in total. The van der Waals surface area contributed by atoms with Crippen molar-refractivity contribution in [3.63, 3.8) is 0 Å². The van der Waals surface area contributed by atoms with Gasteiger partial charge in [-0.25, -0.2) is 0 Å². The monoisotopic (exact) mass is 305 g/mol. The van der Waals surface area contributed by atoms with Crippen LogP contribution in [0.1, 0.15) is 30.9 Å². The number of aromatic nitrogens is 3. The minimum Gasteiger partial charge on any atom is -0.334 e. The molecular formula is C19H19N3O. The average Bonchev–Trinajstić information content (AvgIpc) is 3.04.